The van der Waals surface area contributed by atoms with Gasteiger partial charge in [0.1, 0.15) is 12.1 Å². The van der Waals surface area contributed by atoms with E-state index in [1.807, 2.05) is 23.0 Å². The zero-order valence-electron chi connectivity index (χ0n) is 20.3. The van der Waals surface area contributed by atoms with Crippen LogP contribution in [0.2, 0.25) is 0 Å². The molecule has 1 fully saturated rings. The van der Waals surface area contributed by atoms with Crippen LogP contribution < -0.4 is 15.1 Å². The van der Waals surface area contributed by atoms with Gasteiger partial charge in [-0.25, -0.2) is 19.9 Å². The lowest BCUT2D eigenvalue weighted by molar-refractivity contribution is 0.102. The molecule has 190 valence electrons. The van der Waals surface area contributed by atoms with Crippen molar-refractivity contribution < 1.29 is 13.9 Å². The molecule has 1 aliphatic heterocycles. The van der Waals surface area contributed by atoms with Crippen LogP contribution in [0.1, 0.15) is 10.4 Å². The number of carbonyl (C=O) groups excluding carboxylic acids is 1. The van der Waals surface area contributed by atoms with Crippen molar-refractivity contribution in [2.45, 2.75) is 6.04 Å². The first-order valence-corrected chi connectivity index (χ1v) is 11.6. The Labute approximate surface area is 212 Å². The minimum absolute atomic E-state index is 0.0850. The molecular formula is C24H25FN10O2. The first kappa shape index (κ1) is 24.2. The number of hydrogen-bond acceptors (Lipinski definition) is 10. The number of ether oxygens (including phenoxy) is 1. The lowest BCUT2D eigenvalue weighted by Gasteiger charge is -2.41. The third kappa shape index (κ3) is 5.51. The number of pyridine rings is 1. The van der Waals surface area contributed by atoms with Crippen LogP contribution in [0, 0.1) is 5.95 Å². The zero-order valence-corrected chi connectivity index (χ0v) is 20.3. The van der Waals surface area contributed by atoms with Gasteiger partial charge in [-0.3, -0.25) is 14.5 Å². The first-order valence-electron chi connectivity index (χ1n) is 11.6. The largest absolute Gasteiger partial charge is 0.382 e. The number of nitrogens with zero attached hydrogens (tertiary/aromatic N) is 9. The minimum Gasteiger partial charge on any atom is -0.382 e. The molecule has 0 aliphatic carbocycles. The third-order valence-electron chi connectivity index (χ3n) is 5.96. The number of hydrogen-bond donors (Lipinski definition) is 1. The van der Waals surface area contributed by atoms with E-state index in [-0.39, 0.29) is 11.9 Å². The molecule has 0 unspecified atom stereocenters. The monoisotopic (exact) mass is 504 g/mol. The van der Waals surface area contributed by atoms with Crippen molar-refractivity contribution in [3.05, 3.63) is 67.0 Å². The van der Waals surface area contributed by atoms with Gasteiger partial charge in [0.05, 0.1) is 48.2 Å². The highest BCUT2D eigenvalue weighted by Gasteiger charge is 2.29. The fourth-order valence-corrected chi connectivity index (χ4v) is 4.16. The first-order chi connectivity index (χ1) is 18.0. The van der Waals surface area contributed by atoms with Gasteiger partial charge >= 0.3 is 0 Å². The van der Waals surface area contributed by atoms with E-state index in [0.29, 0.717) is 49.3 Å². The van der Waals surface area contributed by atoms with Gasteiger partial charge in [-0.15, -0.1) is 0 Å². The summed E-state index contributed by atoms with van der Waals surface area (Å²) in [5.74, 6) is 0.142. The van der Waals surface area contributed by atoms with Crippen LogP contribution in [0.5, 0.6) is 0 Å². The number of aryl methyl sites for hydroxylation is 1. The molecule has 4 aromatic heterocycles. The summed E-state index contributed by atoms with van der Waals surface area (Å²) in [5, 5.41) is 6.93. The Morgan fingerprint density at radius 1 is 1.11 bits per heavy atom. The smallest absolute Gasteiger partial charge is 0.257 e. The topological polar surface area (TPSA) is 127 Å². The normalized spacial score (nSPS) is 15.6. The van der Waals surface area contributed by atoms with Crippen molar-refractivity contribution in [3.63, 3.8) is 0 Å². The minimum atomic E-state index is -0.579. The summed E-state index contributed by atoms with van der Waals surface area (Å²) in [7, 11) is 3.45. The van der Waals surface area contributed by atoms with E-state index in [1.165, 1.54) is 18.6 Å². The Balaban J connectivity index is 1.22. The van der Waals surface area contributed by atoms with Crippen molar-refractivity contribution in [3.8, 4) is 11.3 Å². The summed E-state index contributed by atoms with van der Waals surface area (Å²) >= 11 is 0. The molecule has 1 saturated heterocycles. The summed E-state index contributed by atoms with van der Waals surface area (Å²) in [6.45, 7) is 2.16. The molecule has 5 rings (SSSR count). The van der Waals surface area contributed by atoms with Crippen LogP contribution in [0.4, 0.5) is 21.8 Å². The van der Waals surface area contributed by atoms with Crippen LogP contribution >= 0.6 is 0 Å². The van der Waals surface area contributed by atoms with Crippen LogP contribution in [0.15, 0.2) is 55.5 Å². The zero-order chi connectivity index (χ0) is 25.8. The number of amides is 1. The fraction of sp³-hybridized carbons (Fsp3) is 0.292. The molecule has 0 spiro atoms. The van der Waals surface area contributed by atoms with Crippen LogP contribution in [-0.2, 0) is 11.8 Å². The highest BCUT2D eigenvalue weighted by atomic mass is 19.1. The van der Waals surface area contributed by atoms with Gasteiger partial charge in [0.25, 0.3) is 5.91 Å². The molecule has 0 radical (unpaired) electrons. The van der Waals surface area contributed by atoms with Gasteiger partial charge in [-0.05, 0) is 12.1 Å². The summed E-state index contributed by atoms with van der Waals surface area (Å²) in [5.41, 5.74) is 2.48. The van der Waals surface area contributed by atoms with E-state index in [0.717, 1.165) is 11.3 Å². The molecule has 0 saturated carbocycles. The Hall–Kier alpha value is -4.52. The van der Waals surface area contributed by atoms with Crippen molar-refractivity contribution >= 4 is 23.4 Å². The van der Waals surface area contributed by atoms with Crippen molar-refractivity contribution in [1.82, 2.24) is 34.7 Å². The summed E-state index contributed by atoms with van der Waals surface area (Å²) < 4.78 is 20.7. The number of rotatable bonds is 7. The molecule has 5 heterocycles. The molecule has 1 amide bonds. The maximum Gasteiger partial charge on any atom is 0.257 e. The maximum atomic E-state index is 13.6. The Morgan fingerprint density at radius 3 is 2.62 bits per heavy atom. The van der Waals surface area contributed by atoms with Gasteiger partial charge < -0.3 is 19.9 Å². The number of methoxy groups -OCH3 is 1. The van der Waals surface area contributed by atoms with E-state index in [9.17, 15) is 9.18 Å². The third-order valence-corrected chi connectivity index (χ3v) is 5.96. The predicted molar refractivity (Wildman–Crippen MR) is 134 cm³/mol. The van der Waals surface area contributed by atoms with Gasteiger partial charge in [-0.2, -0.15) is 9.49 Å². The average Bonchev–Trinajstić information content (AvgIpc) is 3.35. The Bertz CT molecular complexity index is 1360. The number of aromatic nitrogens is 7. The van der Waals surface area contributed by atoms with Crippen LogP contribution in [-0.4, -0.2) is 80.0 Å². The standard InChI is InChI=1S/C24H25FN10O2/c1-33-12-17(9-31-33)20-4-3-16(8-26-20)23(36)32-18-10-27-24(28-11-18)34-5-6-35(19(13-34)14-37-2)22-7-21(25)29-15-30-22/h3-4,7-12,15,19H,5-6,13-14H2,1-2H3,(H,32,36)/t19-/m1/s1. The molecule has 1 N–H and O–H groups in total. The molecule has 13 heteroatoms. The number of anilines is 3. The number of nitrogens with one attached hydrogen (secondary N) is 1. The van der Waals surface area contributed by atoms with Crippen LogP contribution in [0.3, 0.4) is 0 Å². The second-order valence-corrected chi connectivity index (χ2v) is 8.51. The SMILES string of the molecule is COC[C@H]1CN(c2ncc(NC(=O)c3ccc(-c4cnn(C)c4)nc3)cn2)CCN1c1cc(F)ncn1. The maximum absolute atomic E-state index is 13.6. The second kappa shape index (κ2) is 10.6. The molecule has 37 heavy (non-hydrogen) atoms. The number of halogens is 1. The number of piperazine rings is 1. The summed E-state index contributed by atoms with van der Waals surface area (Å²) in [4.78, 5) is 37.7. The highest BCUT2D eigenvalue weighted by Crippen LogP contribution is 2.22. The molecule has 0 bridgehead atoms. The van der Waals surface area contributed by atoms with Gasteiger partial charge in [-0.1, -0.05) is 0 Å². The van der Waals surface area contributed by atoms with E-state index < -0.39 is 5.95 Å². The van der Waals surface area contributed by atoms with Gasteiger partial charge in [0.15, 0.2) is 0 Å². The lowest BCUT2D eigenvalue weighted by Crippen LogP contribution is -2.56. The predicted octanol–water partition coefficient (Wildman–Crippen LogP) is 1.80. The number of carbonyl (C=O) groups is 1. The molecular weight excluding hydrogens is 479 g/mol. The molecule has 12 nitrogen and oxygen atoms in total. The van der Waals surface area contributed by atoms with E-state index in [2.05, 4.69) is 35.3 Å². The Morgan fingerprint density at radius 2 is 1.95 bits per heavy atom. The van der Waals surface area contributed by atoms with E-state index >= 15 is 0 Å². The van der Waals surface area contributed by atoms with Gasteiger partial charge in [0.2, 0.25) is 11.9 Å². The van der Waals surface area contributed by atoms with Crippen molar-refractivity contribution in [2.75, 3.05) is 48.5 Å². The molecule has 4 aromatic rings. The average molecular weight is 505 g/mol. The van der Waals surface area contributed by atoms with Crippen LogP contribution in [0.25, 0.3) is 11.3 Å². The van der Waals surface area contributed by atoms with Crippen molar-refractivity contribution in [2.24, 2.45) is 7.05 Å². The van der Waals surface area contributed by atoms with E-state index in [1.54, 1.807) is 42.5 Å². The second-order valence-electron chi connectivity index (χ2n) is 8.51. The Kier molecular flexibility index (Phi) is 6.94. The molecule has 0 aromatic carbocycles. The lowest BCUT2D eigenvalue weighted by atomic mass is 10.2. The fourth-order valence-electron chi connectivity index (χ4n) is 4.16. The molecule has 1 aliphatic rings. The van der Waals surface area contributed by atoms with E-state index in [4.69, 9.17) is 4.74 Å². The van der Waals surface area contributed by atoms with Crippen molar-refractivity contribution in [1.29, 1.82) is 0 Å². The highest BCUT2D eigenvalue weighted by molar-refractivity contribution is 6.04. The van der Waals surface area contributed by atoms with Gasteiger partial charge in [0, 0.05) is 57.8 Å². The summed E-state index contributed by atoms with van der Waals surface area (Å²) in [6, 6.07) is 4.71. The quantitative estimate of drug-likeness (QED) is 0.372. The summed E-state index contributed by atoms with van der Waals surface area (Å²) in [6.07, 6.45) is 9.43. The molecule has 1 atom stereocenters.